The van der Waals surface area contributed by atoms with Gasteiger partial charge >= 0.3 is 5.97 Å². The molecule has 126 valence electrons. The zero-order valence-corrected chi connectivity index (χ0v) is 14.1. The molecule has 0 aliphatic heterocycles. The number of ether oxygens (including phenoxy) is 1. The van der Waals surface area contributed by atoms with Crippen LogP contribution in [0.4, 0.5) is 0 Å². The predicted octanol–water partition coefficient (Wildman–Crippen LogP) is 4.73. The molecule has 4 nitrogen and oxygen atoms in total. The van der Waals surface area contributed by atoms with Gasteiger partial charge < -0.3 is 14.7 Å². The molecular weight excluding hydrogens is 312 g/mol. The average molecular weight is 332 g/mol. The van der Waals surface area contributed by atoms with Crippen molar-refractivity contribution in [2.24, 2.45) is 0 Å². The minimum Gasteiger partial charge on any atom is -0.466 e. The zero-order chi connectivity index (χ0) is 17.2. The number of aromatic amines is 2. The lowest BCUT2D eigenvalue weighted by atomic mass is 9.88. The Balaban J connectivity index is 1.86. The van der Waals surface area contributed by atoms with Gasteiger partial charge in [-0.2, -0.15) is 0 Å². The van der Waals surface area contributed by atoms with Crippen molar-refractivity contribution in [1.82, 2.24) is 9.97 Å². The predicted molar refractivity (Wildman–Crippen MR) is 99.7 cm³/mol. The smallest absolute Gasteiger partial charge is 0.306 e. The van der Waals surface area contributed by atoms with Gasteiger partial charge in [-0.1, -0.05) is 36.4 Å². The van der Waals surface area contributed by atoms with Crippen LogP contribution in [0, 0.1) is 0 Å². The number of rotatable bonds is 5. The quantitative estimate of drug-likeness (QED) is 0.519. The molecule has 0 radical (unpaired) electrons. The molecule has 0 unspecified atom stereocenters. The van der Waals surface area contributed by atoms with E-state index in [4.69, 9.17) is 4.74 Å². The highest BCUT2D eigenvalue weighted by Gasteiger charge is 2.24. The van der Waals surface area contributed by atoms with E-state index in [1.54, 1.807) is 0 Å². The summed E-state index contributed by atoms with van der Waals surface area (Å²) in [5.74, 6) is -0.241. The van der Waals surface area contributed by atoms with Crippen LogP contribution in [0.1, 0.15) is 30.4 Å². The highest BCUT2D eigenvalue weighted by atomic mass is 16.5. The van der Waals surface area contributed by atoms with Crippen LogP contribution < -0.4 is 0 Å². The number of hydrogen-bond donors (Lipinski definition) is 2. The number of fused-ring (bicyclic) bond motifs is 2. The molecule has 4 aromatic rings. The number of nitrogens with one attached hydrogen (secondary N) is 2. The molecule has 4 heteroatoms. The minimum absolute atomic E-state index is 0.0636. The van der Waals surface area contributed by atoms with Crippen molar-refractivity contribution in [2.75, 3.05) is 6.61 Å². The number of hydrogen-bond acceptors (Lipinski definition) is 2. The normalized spacial score (nSPS) is 11.4. The Morgan fingerprint density at radius 1 is 0.920 bits per heavy atom. The maximum atomic E-state index is 12.3. The Kier molecular flexibility index (Phi) is 4.02. The molecule has 0 aliphatic carbocycles. The summed E-state index contributed by atoms with van der Waals surface area (Å²) in [7, 11) is 0. The first-order valence-electron chi connectivity index (χ1n) is 8.55. The van der Waals surface area contributed by atoms with Crippen LogP contribution in [0.5, 0.6) is 0 Å². The van der Waals surface area contributed by atoms with E-state index < -0.39 is 0 Å². The van der Waals surface area contributed by atoms with Crippen LogP contribution in [-0.4, -0.2) is 22.5 Å². The third-order valence-electron chi connectivity index (χ3n) is 4.67. The molecule has 4 rings (SSSR count). The van der Waals surface area contributed by atoms with Crippen molar-refractivity contribution in [2.45, 2.75) is 19.3 Å². The van der Waals surface area contributed by atoms with Crippen LogP contribution in [0.25, 0.3) is 21.8 Å². The summed E-state index contributed by atoms with van der Waals surface area (Å²) in [6.45, 7) is 2.23. The van der Waals surface area contributed by atoms with Crippen molar-refractivity contribution in [3.05, 3.63) is 72.1 Å². The van der Waals surface area contributed by atoms with Crippen LogP contribution >= 0.6 is 0 Å². The third kappa shape index (κ3) is 2.80. The first-order chi connectivity index (χ1) is 12.3. The fourth-order valence-electron chi connectivity index (χ4n) is 3.54. The lowest BCUT2D eigenvalue weighted by molar-refractivity contribution is -0.143. The van der Waals surface area contributed by atoms with Gasteiger partial charge in [0.1, 0.15) is 0 Å². The Morgan fingerprint density at radius 2 is 1.44 bits per heavy atom. The standard InChI is InChI=1S/C21H20N2O2/c1-2-25-21(24)11-16(17-12-22-19-9-5-3-7-14(17)19)18-13-23-20-10-6-4-8-15(18)20/h3-10,12-13,16,22-23H,2,11H2,1H3. The molecule has 0 saturated heterocycles. The van der Waals surface area contributed by atoms with Crippen molar-refractivity contribution in [1.29, 1.82) is 0 Å². The van der Waals surface area contributed by atoms with E-state index in [0.717, 1.165) is 32.9 Å². The van der Waals surface area contributed by atoms with Crippen LogP contribution in [0.15, 0.2) is 60.9 Å². The summed E-state index contributed by atoms with van der Waals surface area (Å²) in [6.07, 6.45) is 4.34. The second kappa shape index (κ2) is 6.48. The van der Waals surface area contributed by atoms with Crippen LogP contribution in [-0.2, 0) is 9.53 Å². The number of para-hydroxylation sites is 2. The molecule has 2 aromatic carbocycles. The molecule has 0 fully saturated rings. The van der Waals surface area contributed by atoms with Crippen molar-refractivity contribution in [3.63, 3.8) is 0 Å². The summed E-state index contributed by atoms with van der Waals surface area (Å²) >= 11 is 0. The first kappa shape index (κ1) is 15.5. The molecule has 2 N–H and O–H groups in total. The number of carbonyl (C=O) groups is 1. The molecule has 2 aromatic heterocycles. The van der Waals surface area contributed by atoms with E-state index in [-0.39, 0.29) is 11.9 Å². The van der Waals surface area contributed by atoms with Gasteiger partial charge in [0.25, 0.3) is 0 Å². The van der Waals surface area contributed by atoms with Gasteiger partial charge in [-0.15, -0.1) is 0 Å². The highest BCUT2D eigenvalue weighted by molar-refractivity contribution is 5.89. The van der Waals surface area contributed by atoms with Gasteiger partial charge in [-0.3, -0.25) is 4.79 Å². The van der Waals surface area contributed by atoms with E-state index in [2.05, 4.69) is 34.2 Å². The fraction of sp³-hybridized carbons (Fsp3) is 0.190. The summed E-state index contributed by atoms with van der Waals surface area (Å²) in [4.78, 5) is 18.9. The van der Waals surface area contributed by atoms with E-state index in [1.807, 2.05) is 43.6 Å². The Hall–Kier alpha value is -3.01. The molecule has 0 aliphatic rings. The molecule has 2 heterocycles. The van der Waals surface area contributed by atoms with Gasteiger partial charge in [0.15, 0.2) is 0 Å². The molecule has 0 amide bonds. The second-order valence-corrected chi connectivity index (χ2v) is 6.14. The maximum Gasteiger partial charge on any atom is 0.306 e. The van der Waals surface area contributed by atoms with E-state index >= 15 is 0 Å². The molecule has 0 saturated carbocycles. The molecule has 0 atom stereocenters. The van der Waals surface area contributed by atoms with Crippen molar-refractivity contribution >= 4 is 27.8 Å². The molecular formula is C21H20N2O2. The molecule has 0 bridgehead atoms. The van der Waals surface area contributed by atoms with Crippen molar-refractivity contribution < 1.29 is 9.53 Å². The second-order valence-electron chi connectivity index (χ2n) is 6.14. The van der Waals surface area contributed by atoms with Crippen molar-refractivity contribution in [3.8, 4) is 0 Å². The topological polar surface area (TPSA) is 57.9 Å². The van der Waals surface area contributed by atoms with Crippen LogP contribution in [0.3, 0.4) is 0 Å². The molecule has 0 spiro atoms. The Bertz CT molecular complexity index is 954. The Labute approximate surface area is 145 Å². The van der Waals surface area contributed by atoms with Crippen LogP contribution in [0.2, 0.25) is 0 Å². The summed E-state index contributed by atoms with van der Waals surface area (Å²) in [5, 5.41) is 2.28. The average Bonchev–Trinajstić information content (AvgIpc) is 3.24. The van der Waals surface area contributed by atoms with E-state index in [1.165, 1.54) is 0 Å². The number of carbonyl (C=O) groups excluding carboxylic acids is 1. The first-order valence-corrected chi connectivity index (χ1v) is 8.55. The maximum absolute atomic E-state index is 12.3. The SMILES string of the molecule is CCOC(=O)CC(c1c[nH]c2ccccc12)c1c[nH]c2ccccc12. The zero-order valence-electron chi connectivity index (χ0n) is 14.1. The number of aromatic nitrogens is 2. The van der Waals surface area contributed by atoms with E-state index in [0.29, 0.717) is 13.0 Å². The number of H-pyrrole nitrogens is 2. The third-order valence-corrected chi connectivity index (χ3v) is 4.67. The van der Waals surface area contributed by atoms with Gasteiger partial charge in [-0.05, 0) is 30.2 Å². The minimum atomic E-state index is -0.178. The number of esters is 1. The van der Waals surface area contributed by atoms with Gasteiger partial charge in [-0.25, -0.2) is 0 Å². The summed E-state index contributed by atoms with van der Waals surface area (Å²) in [6, 6.07) is 16.4. The fourth-order valence-corrected chi connectivity index (χ4v) is 3.54. The highest BCUT2D eigenvalue weighted by Crippen LogP contribution is 2.37. The van der Waals surface area contributed by atoms with Gasteiger partial charge in [0.2, 0.25) is 0 Å². The summed E-state index contributed by atoms with van der Waals surface area (Å²) in [5.41, 5.74) is 4.39. The lowest BCUT2D eigenvalue weighted by Gasteiger charge is -2.15. The molecule has 25 heavy (non-hydrogen) atoms. The Morgan fingerprint density at radius 3 is 1.96 bits per heavy atom. The van der Waals surface area contributed by atoms with E-state index in [9.17, 15) is 4.79 Å². The monoisotopic (exact) mass is 332 g/mol. The lowest BCUT2D eigenvalue weighted by Crippen LogP contribution is -2.11. The number of benzene rings is 2. The summed E-state index contributed by atoms with van der Waals surface area (Å²) < 4.78 is 5.23. The van der Waals surface area contributed by atoms with Gasteiger partial charge in [0, 0.05) is 40.1 Å². The largest absolute Gasteiger partial charge is 0.466 e. The van der Waals surface area contributed by atoms with Gasteiger partial charge in [0.05, 0.1) is 13.0 Å².